The van der Waals surface area contributed by atoms with Crippen LogP contribution in [-0.2, 0) is 17.6 Å². The van der Waals surface area contributed by atoms with Gasteiger partial charge in [-0.3, -0.25) is 9.79 Å². The minimum atomic E-state index is -0.626. The van der Waals surface area contributed by atoms with Crippen molar-refractivity contribution in [1.29, 1.82) is 0 Å². The van der Waals surface area contributed by atoms with E-state index in [0.29, 0.717) is 18.7 Å². The van der Waals surface area contributed by atoms with E-state index in [4.69, 9.17) is 5.73 Å². The van der Waals surface area contributed by atoms with Crippen LogP contribution in [0.4, 0.5) is 0 Å². The molecule has 4 N–H and O–H groups in total. The number of hydrogen-bond donors (Lipinski definition) is 3. The summed E-state index contributed by atoms with van der Waals surface area (Å²) in [4.78, 5) is 20.0. The molecular weight excluding hydrogens is 434 g/mol. The number of nitrogens with one attached hydrogen (secondary N) is 2. The first-order valence-corrected chi connectivity index (χ1v) is 12.5. The lowest BCUT2D eigenvalue weighted by Gasteiger charge is -2.30. The summed E-state index contributed by atoms with van der Waals surface area (Å²) in [6, 6.07) is 18.7. The van der Waals surface area contributed by atoms with Crippen LogP contribution in [0.1, 0.15) is 55.8 Å². The smallest absolute Gasteiger partial charge is 0.246 e. The first-order valence-electron chi connectivity index (χ1n) is 12.5. The fraction of sp³-hybridized carbons (Fsp3) is 0.379. The molecule has 184 valence electrons. The quantitative estimate of drug-likeness (QED) is 0.485. The highest BCUT2D eigenvalue weighted by Gasteiger charge is 2.28. The molecule has 6 nitrogen and oxygen atoms in total. The Morgan fingerprint density at radius 2 is 1.94 bits per heavy atom. The molecule has 1 heterocycles. The monoisotopic (exact) mass is 471 g/mol. The van der Waals surface area contributed by atoms with Crippen LogP contribution in [0.15, 0.2) is 83.8 Å². The van der Waals surface area contributed by atoms with Gasteiger partial charge in [0.05, 0.1) is 24.6 Å². The van der Waals surface area contributed by atoms with Gasteiger partial charge in [-0.05, 0) is 62.6 Å². The van der Waals surface area contributed by atoms with Gasteiger partial charge in [0.25, 0.3) is 0 Å². The molecule has 0 saturated carbocycles. The van der Waals surface area contributed by atoms with Crippen LogP contribution in [-0.4, -0.2) is 35.3 Å². The van der Waals surface area contributed by atoms with E-state index in [-0.39, 0.29) is 11.9 Å². The van der Waals surface area contributed by atoms with Crippen molar-refractivity contribution in [1.82, 2.24) is 15.5 Å². The van der Waals surface area contributed by atoms with Crippen molar-refractivity contribution >= 4 is 12.2 Å². The maximum Gasteiger partial charge on any atom is 0.246 e. The highest BCUT2D eigenvalue weighted by atomic mass is 16.2. The van der Waals surface area contributed by atoms with Gasteiger partial charge in [-0.1, -0.05) is 61.2 Å². The van der Waals surface area contributed by atoms with Gasteiger partial charge < -0.3 is 21.3 Å². The predicted octanol–water partition coefficient (Wildman–Crippen LogP) is 4.21. The van der Waals surface area contributed by atoms with Gasteiger partial charge in [0.15, 0.2) is 0 Å². The van der Waals surface area contributed by atoms with Crippen molar-refractivity contribution in [2.24, 2.45) is 10.7 Å². The average Bonchev–Trinajstić information content (AvgIpc) is 3.28. The molecule has 2 aromatic rings. The van der Waals surface area contributed by atoms with Crippen LogP contribution in [0, 0.1) is 0 Å². The van der Waals surface area contributed by atoms with Gasteiger partial charge >= 0.3 is 0 Å². The van der Waals surface area contributed by atoms with Crippen LogP contribution in [0.2, 0.25) is 0 Å². The predicted molar refractivity (Wildman–Crippen MR) is 143 cm³/mol. The molecule has 0 spiro atoms. The van der Waals surface area contributed by atoms with E-state index in [0.717, 1.165) is 31.4 Å². The van der Waals surface area contributed by atoms with E-state index in [2.05, 4.69) is 63.5 Å². The molecule has 2 unspecified atom stereocenters. The SMILES string of the molecule is C=C(NC(CCCc1ccccc1)C(=O)NC1=CN(C2CCc3ccccc32)C=NC1)C(C)(C)N. The van der Waals surface area contributed by atoms with Crippen LogP contribution in [0.25, 0.3) is 0 Å². The Morgan fingerprint density at radius 1 is 1.20 bits per heavy atom. The lowest BCUT2D eigenvalue weighted by molar-refractivity contribution is -0.122. The number of amides is 1. The fourth-order valence-electron chi connectivity index (χ4n) is 4.64. The number of nitrogens with two attached hydrogens (primary N) is 1. The fourth-order valence-corrected chi connectivity index (χ4v) is 4.64. The Morgan fingerprint density at radius 3 is 2.71 bits per heavy atom. The first kappa shape index (κ1) is 24.7. The second-order valence-electron chi connectivity index (χ2n) is 10.1. The molecule has 35 heavy (non-hydrogen) atoms. The molecule has 2 atom stereocenters. The Hall–Kier alpha value is -3.38. The second kappa shape index (κ2) is 10.9. The van der Waals surface area contributed by atoms with Crippen molar-refractivity contribution < 1.29 is 4.79 Å². The zero-order chi connectivity index (χ0) is 24.8. The Balaban J connectivity index is 1.42. The molecule has 6 heteroatoms. The van der Waals surface area contributed by atoms with Crippen molar-refractivity contribution in [3.05, 3.63) is 95.5 Å². The molecule has 4 rings (SSSR count). The minimum Gasteiger partial charge on any atom is -0.376 e. The highest BCUT2D eigenvalue weighted by molar-refractivity contribution is 5.84. The Labute approximate surface area is 209 Å². The maximum atomic E-state index is 13.4. The number of rotatable bonds is 10. The van der Waals surface area contributed by atoms with Crippen molar-refractivity contribution in [3.8, 4) is 0 Å². The first-order chi connectivity index (χ1) is 16.8. The molecule has 1 amide bonds. The molecular formula is C29H37N5O. The number of nitrogens with zero attached hydrogens (tertiary/aromatic N) is 2. The molecule has 0 radical (unpaired) electrons. The standard InChI is InChI=1S/C29H37N5O/c1-21(29(2,3)30)32-26(15-9-12-22-10-5-4-6-11-22)28(35)33-24-18-31-20-34(19-24)27-17-16-23-13-7-8-14-25(23)27/h4-8,10-11,13-14,19-20,26-27,32H,1,9,12,15-18,30H2,2-3H3,(H,33,35). The Bertz CT molecular complexity index is 1100. The topological polar surface area (TPSA) is 82.8 Å². The van der Waals surface area contributed by atoms with E-state index >= 15 is 0 Å². The molecule has 0 bridgehead atoms. The number of aryl methyl sites for hydroxylation is 2. The molecule has 0 fully saturated rings. The number of aliphatic imine (C=N–C) groups is 1. The molecule has 0 aromatic heterocycles. The number of hydrogen-bond acceptors (Lipinski definition) is 5. The summed E-state index contributed by atoms with van der Waals surface area (Å²) in [6.45, 7) is 8.31. The maximum absolute atomic E-state index is 13.4. The summed E-state index contributed by atoms with van der Waals surface area (Å²) < 4.78 is 0. The van der Waals surface area contributed by atoms with Gasteiger partial charge in [-0.25, -0.2) is 0 Å². The van der Waals surface area contributed by atoms with Crippen molar-refractivity contribution in [3.63, 3.8) is 0 Å². The normalized spacial score (nSPS) is 18.0. The number of fused-ring (bicyclic) bond motifs is 1. The summed E-state index contributed by atoms with van der Waals surface area (Å²) >= 11 is 0. The van der Waals surface area contributed by atoms with Gasteiger partial charge in [0, 0.05) is 17.4 Å². The lowest BCUT2D eigenvalue weighted by atomic mass is 10.00. The van der Waals surface area contributed by atoms with E-state index in [1.54, 1.807) is 0 Å². The average molecular weight is 472 g/mol. The number of benzene rings is 2. The molecule has 2 aromatic carbocycles. The van der Waals surface area contributed by atoms with Crippen LogP contribution >= 0.6 is 0 Å². The van der Waals surface area contributed by atoms with Crippen LogP contribution in [0.3, 0.4) is 0 Å². The van der Waals surface area contributed by atoms with Gasteiger partial charge in [-0.2, -0.15) is 0 Å². The largest absolute Gasteiger partial charge is 0.376 e. The van der Waals surface area contributed by atoms with E-state index in [1.165, 1.54) is 16.7 Å². The van der Waals surface area contributed by atoms with Gasteiger partial charge in [0.1, 0.15) is 6.04 Å². The molecule has 1 aliphatic carbocycles. The summed E-state index contributed by atoms with van der Waals surface area (Å²) in [5.74, 6) is -0.0846. The third-order valence-corrected chi connectivity index (χ3v) is 6.77. The van der Waals surface area contributed by atoms with Crippen molar-refractivity contribution in [2.45, 2.75) is 63.6 Å². The Kier molecular flexibility index (Phi) is 7.71. The lowest BCUT2D eigenvalue weighted by Crippen LogP contribution is -2.49. The molecule has 0 saturated heterocycles. The number of carbonyl (C=O) groups is 1. The summed E-state index contributed by atoms with van der Waals surface area (Å²) in [7, 11) is 0. The zero-order valence-corrected chi connectivity index (χ0v) is 20.8. The molecule has 2 aliphatic rings. The summed E-state index contributed by atoms with van der Waals surface area (Å²) in [5, 5.41) is 6.43. The summed E-state index contributed by atoms with van der Waals surface area (Å²) in [6.07, 6.45) is 8.47. The third-order valence-electron chi connectivity index (χ3n) is 6.77. The third kappa shape index (κ3) is 6.40. The van der Waals surface area contributed by atoms with E-state index in [9.17, 15) is 4.79 Å². The number of carbonyl (C=O) groups excluding carboxylic acids is 1. The van der Waals surface area contributed by atoms with Gasteiger partial charge in [0.2, 0.25) is 5.91 Å². The van der Waals surface area contributed by atoms with E-state index < -0.39 is 11.6 Å². The van der Waals surface area contributed by atoms with E-state index in [1.807, 2.05) is 44.6 Å². The zero-order valence-electron chi connectivity index (χ0n) is 20.8. The second-order valence-corrected chi connectivity index (χ2v) is 10.1. The van der Waals surface area contributed by atoms with Crippen LogP contribution in [0.5, 0.6) is 0 Å². The highest BCUT2D eigenvalue weighted by Crippen LogP contribution is 2.35. The van der Waals surface area contributed by atoms with Crippen molar-refractivity contribution in [2.75, 3.05) is 6.54 Å². The molecule has 1 aliphatic heterocycles. The summed E-state index contributed by atoms with van der Waals surface area (Å²) in [5.41, 5.74) is 11.0. The minimum absolute atomic E-state index is 0.0846. The van der Waals surface area contributed by atoms with Gasteiger partial charge in [-0.15, -0.1) is 0 Å². The van der Waals surface area contributed by atoms with Crippen LogP contribution < -0.4 is 16.4 Å².